The molecule has 0 radical (unpaired) electrons. The zero-order valence-corrected chi connectivity index (χ0v) is 13.3. The lowest BCUT2D eigenvalue weighted by Crippen LogP contribution is -1.96. The van der Waals surface area contributed by atoms with Crippen LogP contribution in [-0.2, 0) is 0 Å². The van der Waals surface area contributed by atoms with Crippen molar-refractivity contribution in [1.29, 1.82) is 5.26 Å². The molecular formula is C16H10BrN5O. The highest BCUT2D eigenvalue weighted by molar-refractivity contribution is 9.10. The van der Waals surface area contributed by atoms with E-state index in [4.69, 9.17) is 5.26 Å². The molecule has 0 aliphatic rings. The van der Waals surface area contributed by atoms with E-state index in [2.05, 4.69) is 36.4 Å². The van der Waals surface area contributed by atoms with Crippen molar-refractivity contribution in [2.24, 2.45) is 10.2 Å². The average Bonchev–Trinajstić information content (AvgIpc) is 2.94. The standard InChI is InChI=1S/C16H10BrN5O/c17-12-7-5-10(6-8-12)14-15(16(23)22-20-14)21-19-13-4-2-1-3-11(13)9-18/h1-8H,(H2,20,22,23). The van der Waals surface area contributed by atoms with Crippen LogP contribution < -0.4 is 5.56 Å². The first-order valence-electron chi connectivity index (χ1n) is 6.66. The van der Waals surface area contributed by atoms with Crippen molar-refractivity contribution < 1.29 is 0 Å². The molecule has 2 aromatic carbocycles. The number of rotatable bonds is 3. The zero-order chi connectivity index (χ0) is 16.2. The van der Waals surface area contributed by atoms with Gasteiger partial charge < -0.3 is 0 Å². The summed E-state index contributed by atoms with van der Waals surface area (Å²) in [6.45, 7) is 0. The first kappa shape index (κ1) is 14.9. The third-order valence-electron chi connectivity index (χ3n) is 3.17. The maximum Gasteiger partial charge on any atom is 0.292 e. The second kappa shape index (κ2) is 6.42. The number of hydrogen-bond acceptors (Lipinski definition) is 4. The molecule has 6 nitrogen and oxygen atoms in total. The summed E-state index contributed by atoms with van der Waals surface area (Å²) in [6, 6.07) is 16.3. The Labute approximate surface area is 139 Å². The molecule has 0 unspecified atom stereocenters. The van der Waals surface area contributed by atoms with Gasteiger partial charge >= 0.3 is 0 Å². The van der Waals surface area contributed by atoms with Crippen molar-refractivity contribution in [2.75, 3.05) is 0 Å². The number of azo groups is 1. The number of nitrogens with one attached hydrogen (secondary N) is 2. The van der Waals surface area contributed by atoms with Gasteiger partial charge in [0.15, 0.2) is 5.69 Å². The molecular weight excluding hydrogens is 358 g/mol. The molecule has 112 valence electrons. The van der Waals surface area contributed by atoms with Crippen LogP contribution in [0.5, 0.6) is 0 Å². The molecule has 2 N–H and O–H groups in total. The monoisotopic (exact) mass is 367 g/mol. The summed E-state index contributed by atoms with van der Waals surface area (Å²) in [7, 11) is 0. The summed E-state index contributed by atoms with van der Waals surface area (Å²) in [4.78, 5) is 11.9. The van der Waals surface area contributed by atoms with E-state index in [0.717, 1.165) is 10.0 Å². The Morgan fingerprint density at radius 3 is 2.48 bits per heavy atom. The highest BCUT2D eigenvalue weighted by Crippen LogP contribution is 2.28. The van der Waals surface area contributed by atoms with Crippen LogP contribution in [0.2, 0.25) is 0 Å². The maximum absolute atomic E-state index is 11.9. The van der Waals surface area contributed by atoms with Gasteiger partial charge in [-0.25, -0.2) is 0 Å². The lowest BCUT2D eigenvalue weighted by molar-refractivity contribution is 1.06. The Hall–Kier alpha value is -2.98. The van der Waals surface area contributed by atoms with E-state index >= 15 is 0 Å². The van der Waals surface area contributed by atoms with E-state index in [1.165, 1.54) is 0 Å². The van der Waals surface area contributed by atoms with Gasteiger partial charge in [0.1, 0.15) is 11.8 Å². The van der Waals surface area contributed by atoms with Crippen molar-refractivity contribution in [2.45, 2.75) is 0 Å². The number of benzene rings is 2. The number of halogens is 1. The molecule has 0 aliphatic heterocycles. The Bertz CT molecular complexity index is 963. The lowest BCUT2D eigenvalue weighted by Gasteiger charge is -1.99. The summed E-state index contributed by atoms with van der Waals surface area (Å²) in [5.74, 6) is 0. The number of nitrogens with zero attached hydrogens (tertiary/aromatic N) is 3. The molecule has 7 heteroatoms. The summed E-state index contributed by atoms with van der Waals surface area (Å²) >= 11 is 3.37. The number of aromatic amines is 2. The van der Waals surface area contributed by atoms with Crippen LogP contribution in [0.15, 0.2) is 68.0 Å². The lowest BCUT2D eigenvalue weighted by atomic mass is 10.1. The van der Waals surface area contributed by atoms with E-state index in [1.54, 1.807) is 24.3 Å². The third-order valence-corrected chi connectivity index (χ3v) is 3.70. The van der Waals surface area contributed by atoms with Crippen molar-refractivity contribution in [3.8, 4) is 17.3 Å². The summed E-state index contributed by atoms with van der Waals surface area (Å²) in [5, 5.41) is 22.4. The topological polar surface area (TPSA) is 97.2 Å². The van der Waals surface area contributed by atoms with Gasteiger partial charge in [0.05, 0.1) is 11.3 Å². The van der Waals surface area contributed by atoms with Crippen molar-refractivity contribution in [3.05, 3.63) is 68.9 Å². The minimum absolute atomic E-state index is 0.167. The minimum Gasteiger partial charge on any atom is -0.295 e. The van der Waals surface area contributed by atoms with E-state index < -0.39 is 0 Å². The van der Waals surface area contributed by atoms with Gasteiger partial charge in [0, 0.05) is 10.0 Å². The first-order valence-corrected chi connectivity index (χ1v) is 7.46. The Balaban J connectivity index is 2.03. The quantitative estimate of drug-likeness (QED) is 0.669. The van der Waals surface area contributed by atoms with Gasteiger partial charge in [-0.15, -0.1) is 10.2 Å². The highest BCUT2D eigenvalue weighted by atomic mass is 79.9. The van der Waals surface area contributed by atoms with Crippen molar-refractivity contribution in [1.82, 2.24) is 10.2 Å². The smallest absolute Gasteiger partial charge is 0.292 e. The van der Waals surface area contributed by atoms with Crippen LogP contribution in [0.25, 0.3) is 11.3 Å². The molecule has 0 spiro atoms. The molecule has 23 heavy (non-hydrogen) atoms. The Morgan fingerprint density at radius 1 is 1.00 bits per heavy atom. The molecule has 3 rings (SSSR count). The summed E-state index contributed by atoms with van der Waals surface area (Å²) in [6.07, 6.45) is 0. The second-order valence-electron chi connectivity index (χ2n) is 4.64. The number of hydrogen-bond donors (Lipinski definition) is 2. The maximum atomic E-state index is 11.9. The second-order valence-corrected chi connectivity index (χ2v) is 5.55. The molecule has 1 aromatic heterocycles. The predicted molar refractivity (Wildman–Crippen MR) is 89.9 cm³/mol. The Morgan fingerprint density at radius 2 is 1.74 bits per heavy atom. The summed E-state index contributed by atoms with van der Waals surface area (Å²) < 4.78 is 0.935. The van der Waals surface area contributed by atoms with E-state index in [-0.39, 0.29) is 11.2 Å². The zero-order valence-electron chi connectivity index (χ0n) is 11.7. The molecule has 0 amide bonds. The molecule has 0 bridgehead atoms. The average molecular weight is 368 g/mol. The molecule has 0 atom stereocenters. The van der Waals surface area contributed by atoms with Gasteiger partial charge in [-0.3, -0.25) is 15.0 Å². The molecule has 1 heterocycles. The van der Waals surface area contributed by atoms with Gasteiger partial charge in [-0.05, 0) is 24.3 Å². The number of nitriles is 1. The highest BCUT2D eigenvalue weighted by Gasteiger charge is 2.11. The van der Waals surface area contributed by atoms with Crippen LogP contribution in [0.3, 0.4) is 0 Å². The van der Waals surface area contributed by atoms with Crippen LogP contribution in [0.1, 0.15) is 5.56 Å². The van der Waals surface area contributed by atoms with E-state index in [9.17, 15) is 4.79 Å². The van der Waals surface area contributed by atoms with Gasteiger partial charge in [0.25, 0.3) is 5.56 Å². The van der Waals surface area contributed by atoms with Crippen molar-refractivity contribution in [3.63, 3.8) is 0 Å². The minimum atomic E-state index is -0.374. The Kier molecular flexibility index (Phi) is 4.17. The van der Waals surface area contributed by atoms with Crippen molar-refractivity contribution >= 4 is 27.3 Å². The third kappa shape index (κ3) is 3.12. The van der Waals surface area contributed by atoms with Gasteiger partial charge in [-0.2, -0.15) is 5.26 Å². The van der Waals surface area contributed by atoms with E-state index in [0.29, 0.717) is 16.9 Å². The summed E-state index contributed by atoms with van der Waals surface area (Å²) in [5.41, 5.74) is 1.95. The number of aromatic nitrogens is 2. The van der Waals surface area contributed by atoms with Crippen LogP contribution in [-0.4, -0.2) is 10.2 Å². The molecule has 3 aromatic rings. The normalized spacial score (nSPS) is 10.8. The molecule has 0 saturated carbocycles. The molecule has 0 aliphatic carbocycles. The largest absolute Gasteiger partial charge is 0.295 e. The fraction of sp³-hybridized carbons (Fsp3) is 0. The van der Waals surface area contributed by atoms with Gasteiger partial charge in [0.2, 0.25) is 0 Å². The van der Waals surface area contributed by atoms with Gasteiger partial charge in [-0.1, -0.05) is 40.2 Å². The fourth-order valence-corrected chi connectivity index (χ4v) is 2.30. The molecule has 0 fully saturated rings. The van der Waals surface area contributed by atoms with Crippen LogP contribution in [0.4, 0.5) is 11.4 Å². The molecule has 0 saturated heterocycles. The van der Waals surface area contributed by atoms with Crippen LogP contribution >= 0.6 is 15.9 Å². The SMILES string of the molecule is N#Cc1ccccc1N=Nc1c(-c2ccc(Br)cc2)[nH][nH]c1=O. The first-order chi connectivity index (χ1) is 11.2. The predicted octanol–water partition coefficient (Wildman–Crippen LogP) is 4.42. The fourth-order valence-electron chi connectivity index (χ4n) is 2.03. The van der Waals surface area contributed by atoms with E-state index in [1.807, 2.05) is 30.3 Å². The van der Waals surface area contributed by atoms with Crippen LogP contribution in [0, 0.1) is 11.3 Å². The number of H-pyrrole nitrogens is 2.